The van der Waals surface area contributed by atoms with Crippen LogP contribution in [0.25, 0.3) is 21.8 Å². The first-order chi connectivity index (χ1) is 20.0. The smallest absolute Gasteiger partial charge is 0.245 e. The third-order valence-electron chi connectivity index (χ3n) is 7.18. The van der Waals surface area contributed by atoms with E-state index in [1.807, 2.05) is 66.9 Å². The molecule has 0 atom stereocenters. The van der Waals surface area contributed by atoms with Crippen molar-refractivity contribution in [2.24, 2.45) is 0 Å². The second-order valence-corrected chi connectivity index (χ2v) is 11.8. The molecule has 3 aromatic carbocycles. The number of aromatic nitrogens is 2. The normalized spacial score (nSPS) is 11.9. The number of benzene rings is 3. The van der Waals surface area contributed by atoms with E-state index in [1.165, 1.54) is 4.31 Å². The van der Waals surface area contributed by atoms with Gasteiger partial charge in [0, 0.05) is 62.0 Å². The molecule has 2 aromatic heterocycles. The fourth-order valence-electron chi connectivity index (χ4n) is 5.03. The third kappa shape index (κ3) is 6.65. The lowest BCUT2D eigenvalue weighted by atomic mass is 10.1. The van der Waals surface area contributed by atoms with Crippen LogP contribution in [0.3, 0.4) is 0 Å². The first-order valence-corrected chi connectivity index (χ1v) is 15.1. The number of carbonyl (C=O) groups excluding carboxylic acids is 1. The largest absolute Gasteiger partial charge is 0.385 e. The topological polar surface area (TPSA) is 95.6 Å². The van der Waals surface area contributed by atoms with E-state index < -0.39 is 10.0 Å². The number of amides is 1. The van der Waals surface area contributed by atoms with E-state index in [4.69, 9.17) is 4.74 Å². The Kier molecular flexibility index (Phi) is 9.08. The summed E-state index contributed by atoms with van der Waals surface area (Å²) in [4.78, 5) is 23.4. The van der Waals surface area contributed by atoms with Crippen molar-refractivity contribution in [2.75, 3.05) is 33.4 Å². The second kappa shape index (κ2) is 13.1. The van der Waals surface area contributed by atoms with Crippen molar-refractivity contribution in [1.82, 2.24) is 19.2 Å². The summed E-state index contributed by atoms with van der Waals surface area (Å²) in [6, 6.07) is 26.5. The molecular weight excluding hydrogens is 536 g/mol. The Balaban J connectivity index is 1.42. The molecule has 0 radical (unpaired) electrons. The molecule has 9 heteroatoms. The summed E-state index contributed by atoms with van der Waals surface area (Å²) in [5.74, 6) is -0.261. The Labute approximate surface area is 240 Å². The summed E-state index contributed by atoms with van der Waals surface area (Å²) < 4.78 is 34.5. The lowest BCUT2D eigenvalue weighted by molar-refractivity contribution is -0.132. The van der Waals surface area contributed by atoms with Crippen molar-refractivity contribution in [2.45, 2.75) is 24.3 Å². The maximum absolute atomic E-state index is 14.0. The number of methoxy groups -OCH3 is 1. The fourth-order valence-corrected chi connectivity index (χ4v) is 6.63. The molecule has 0 bridgehead atoms. The quantitative estimate of drug-likeness (QED) is 0.201. The number of nitrogens with zero attached hydrogens (tertiary/aromatic N) is 3. The van der Waals surface area contributed by atoms with Gasteiger partial charge in [-0.15, -0.1) is 0 Å². The van der Waals surface area contributed by atoms with Crippen LogP contribution < -0.4 is 0 Å². The maximum atomic E-state index is 14.0. The molecule has 1 amide bonds. The van der Waals surface area contributed by atoms with Gasteiger partial charge in [-0.3, -0.25) is 9.78 Å². The molecule has 41 heavy (non-hydrogen) atoms. The highest BCUT2D eigenvalue weighted by Crippen LogP contribution is 2.25. The van der Waals surface area contributed by atoms with E-state index in [-0.39, 0.29) is 23.9 Å². The van der Waals surface area contributed by atoms with Gasteiger partial charge in [0.05, 0.1) is 12.1 Å². The molecule has 0 aliphatic carbocycles. The van der Waals surface area contributed by atoms with Gasteiger partial charge >= 0.3 is 0 Å². The van der Waals surface area contributed by atoms with Crippen molar-refractivity contribution in [3.05, 3.63) is 108 Å². The van der Waals surface area contributed by atoms with Crippen LogP contribution in [0.5, 0.6) is 0 Å². The highest BCUT2D eigenvalue weighted by Gasteiger charge is 2.30. The van der Waals surface area contributed by atoms with Crippen molar-refractivity contribution >= 4 is 37.7 Å². The van der Waals surface area contributed by atoms with Gasteiger partial charge in [0.15, 0.2) is 0 Å². The van der Waals surface area contributed by atoms with Crippen LogP contribution in [-0.2, 0) is 32.5 Å². The zero-order valence-corrected chi connectivity index (χ0v) is 23.9. The number of pyridine rings is 1. The molecule has 212 valence electrons. The number of ether oxygens (including phenoxy) is 1. The number of rotatable bonds is 13. The van der Waals surface area contributed by atoms with Gasteiger partial charge in [-0.25, -0.2) is 8.42 Å². The molecule has 5 aromatic rings. The molecule has 0 saturated heterocycles. The maximum Gasteiger partial charge on any atom is 0.245 e. The van der Waals surface area contributed by atoms with Crippen molar-refractivity contribution < 1.29 is 17.9 Å². The third-order valence-corrected chi connectivity index (χ3v) is 9.05. The van der Waals surface area contributed by atoms with E-state index in [9.17, 15) is 13.2 Å². The van der Waals surface area contributed by atoms with Gasteiger partial charge in [-0.2, -0.15) is 4.31 Å². The minimum Gasteiger partial charge on any atom is -0.385 e. The SMILES string of the molecule is COCCCN(CC(=O)N(CCc1c[nH]c2ccccc12)Cc1ccccc1)S(=O)(=O)c1cccc2cccnc12. The van der Waals surface area contributed by atoms with Gasteiger partial charge in [0.2, 0.25) is 15.9 Å². The highest BCUT2D eigenvalue weighted by molar-refractivity contribution is 7.89. The predicted molar refractivity (Wildman–Crippen MR) is 161 cm³/mol. The number of hydrogen-bond acceptors (Lipinski definition) is 5. The Morgan fingerprint density at radius 3 is 2.54 bits per heavy atom. The van der Waals surface area contributed by atoms with Gasteiger partial charge in [0.25, 0.3) is 0 Å². The van der Waals surface area contributed by atoms with Crippen LogP contribution >= 0.6 is 0 Å². The van der Waals surface area contributed by atoms with Crippen LogP contribution in [0.15, 0.2) is 102 Å². The molecule has 5 rings (SSSR count). The lowest BCUT2D eigenvalue weighted by Crippen LogP contribution is -2.44. The predicted octanol–water partition coefficient (Wildman–Crippen LogP) is 5.01. The molecule has 0 aliphatic heterocycles. The summed E-state index contributed by atoms with van der Waals surface area (Å²) in [5, 5.41) is 1.84. The minimum absolute atomic E-state index is 0.0919. The number of carbonyl (C=O) groups is 1. The number of H-pyrrole nitrogens is 1. The molecule has 8 nitrogen and oxygen atoms in total. The number of aromatic amines is 1. The Hall–Kier alpha value is -4.05. The average Bonchev–Trinajstić information content (AvgIpc) is 3.42. The minimum atomic E-state index is -4.03. The van der Waals surface area contributed by atoms with Gasteiger partial charge < -0.3 is 14.6 Å². The summed E-state index contributed by atoms with van der Waals surface area (Å²) in [7, 11) is -2.46. The van der Waals surface area contributed by atoms with Crippen LogP contribution in [0.4, 0.5) is 0 Å². The van der Waals surface area contributed by atoms with Gasteiger partial charge in [-0.1, -0.05) is 66.7 Å². The second-order valence-electron chi connectivity index (χ2n) is 9.93. The van der Waals surface area contributed by atoms with E-state index in [0.29, 0.717) is 38.1 Å². The van der Waals surface area contributed by atoms with Crippen LogP contribution in [0.2, 0.25) is 0 Å². The summed E-state index contributed by atoms with van der Waals surface area (Å²) in [5.41, 5.74) is 3.52. The molecule has 0 aliphatic rings. The highest BCUT2D eigenvalue weighted by atomic mass is 32.2. The Morgan fingerprint density at radius 2 is 1.71 bits per heavy atom. The van der Waals surface area contributed by atoms with E-state index in [2.05, 4.69) is 16.0 Å². The lowest BCUT2D eigenvalue weighted by Gasteiger charge is -2.28. The fraction of sp³-hybridized carbons (Fsp3) is 0.250. The van der Waals surface area contributed by atoms with E-state index >= 15 is 0 Å². The number of nitrogens with one attached hydrogen (secondary N) is 1. The zero-order chi connectivity index (χ0) is 28.7. The monoisotopic (exact) mass is 570 g/mol. The number of fused-ring (bicyclic) bond motifs is 2. The Morgan fingerprint density at radius 1 is 0.927 bits per heavy atom. The van der Waals surface area contributed by atoms with Crippen LogP contribution in [-0.4, -0.2) is 66.8 Å². The Bertz CT molecular complexity index is 1710. The molecule has 1 N–H and O–H groups in total. The zero-order valence-electron chi connectivity index (χ0n) is 23.1. The summed E-state index contributed by atoms with van der Waals surface area (Å²) in [6.07, 6.45) is 4.64. The number of sulfonamides is 1. The molecule has 0 fully saturated rings. The summed E-state index contributed by atoms with van der Waals surface area (Å²) >= 11 is 0. The first kappa shape index (κ1) is 28.5. The molecule has 2 heterocycles. The molecule has 0 saturated carbocycles. The van der Waals surface area contributed by atoms with E-state index in [0.717, 1.165) is 27.4 Å². The number of para-hydroxylation sites is 2. The van der Waals surface area contributed by atoms with Crippen molar-refractivity contribution in [3.8, 4) is 0 Å². The first-order valence-electron chi connectivity index (χ1n) is 13.7. The van der Waals surface area contributed by atoms with Crippen LogP contribution in [0.1, 0.15) is 17.5 Å². The van der Waals surface area contributed by atoms with Crippen molar-refractivity contribution in [1.29, 1.82) is 0 Å². The average molecular weight is 571 g/mol. The van der Waals surface area contributed by atoms with E-state index in [1.54, 1.807) is 36.4 Å². The van der Waals surface area contributed by atoms with Crippen molar-refractivity contribution in [3.63, 3.8) is 0 Å². The summed E-state index contributed by atoms with van der Waals surface area (Å²) in [6.45, 7) is 1.06. The molecule has 0 spiro atoms. The molecule has 0 unspecified atom stereocenters. The standard InChI is InChI=1S/C32H34N4O4S/c1-40-21-9-19-36(41(38,39)30-16-7-12-26-13-8-18-33-32(26)30)24-31(37)35(23-25-10-3-2-4-11-25)20-17-27-22-34-29-15-6-5-14-28(27)29/h2-8,10-16,18,22,34H,9,17,19-21,23-24H2,1H3. The van der Waals surface area contributed by atoms with Gasteiger partial charge in [0.1, 0.15) is 4.90 Å². The number of hydrogen-bond donors (Lipinski definition) is 1. The molecular formula is C32H34N4O4S. The van der Waals surface area contributed by atoms with Crippen LogP contribution in [0, 0.1) is 0 Å². The van der Waals surface area contributed by atoms with Gasteiger partial charge in [-0.05, 0) is 42.2 Å².